The second-order valence-electron chi connectivity index (χ2n) is 5.81. The number of hydrogen-bond acceptors (Lipinski definition) is 6. The minimum Gasteiger partial charge on any atom is -0.496 e. The van der Waals surface area contributed by atoms with Gasteiger partial charge in [0.2, 0.25) is 5.82 Å². The fourth-order valence-electron chi connectivity index (χ4n) is 2.86. The summed E-state index contributed by atoms with van der Waals surface area (Å²) in [4.78, 5) is 16.8. The van der Waals surface area contributed by atoms with Gasteiger partial charge in [0.15, 0.2) is 6.61 Å². The van der Waals surface area contributed by atoms with Crippen molar-refractivity contribution in [1.29, 1.82) is 0 Å². The van der Waals surface area contributed by atoms with Gasteiger partial charge in [-0.05, 0) is 29.0 Å². The molecule has 6 nitrogen and oxygen atoms in total. The maximum absolute atomic E-state index is 12.5. The lowest BCUT2D eigenvalue weighted by Crippen LogP contribution is -2.06. The molecule has 0 saturated carbocycles. The first kappa shape index (κ1) is 16.8. The van der Waals surface area contributed by atoms with Crippen molar-refractivity contribution < 1.29 is 18.8 Å². The zero-order chi connectivity index (χ0) is 18.6. The SMILES string of the molecule is COc1ccccc1-c1noc(COC(=O)c2cccc3ccccc23)n1. The van der Waals surface area contributed by atoms with Crippen LogP contribution in [0, 0.1) is 0 Å². The van der Waals surface area contributed by atoms with E-state index in [0.717, 1.165) is 10.8 Å². The smallest absolute Gasteiger partial charge is 0.339 e. The van der Waals surface area contributed by atoms with E-state index in [4.69, 9.17) is 14.0 Å². The van der Waals surface area contributed by atoms with E-state index in [1.807, 2.05) is 60.7 Å². The van der Waals surface area contributed by atoms with Gasteiger partial charge in [-0.15, -0.1) is 0 Å². The monoisotopic (exact) mass is 360 g/mol. The van der Waals surface area contributed by atoms with E-state index in [0.29, 0.717) is 22.7 Å². The van der Waals surface area contributed by atoms with E-state index >= 15 is 0 Å². The fraction of sp³-hybridized carbons (Fsp3) is 0.0952. The molecule has 0 aliphatic rings. The summed E-state index contributed by atoms with van der Waals surface area (Å²) in [5, 5.41) is 5.75. The third-order valence-electron chi connectivity index (χ3n) is 4.15. The molecule has 0 amide bonds. The Morgan fingerprint density at radius 3 is 2.67 bits per heavy atom. The van der Waals surface area contributed by atoms with Crippen molar-refractivity contribution in [3.63, 3.8) is 0 Å². The first-order valence-electron chi connectivity index (χ1n) is 8.37. The quantitative estimate of drug-likeness (QED) is 0.495. The van der Waals surface area contributed by atoms with Crippen LogP contribution in [-0.4, -0.2) is 23.2 Å². The molecule has 0 bridgehead atoms. The average molecular weight is 360 g/mol. The van der Waals surface area contributed by atoms with Crippen LogP contribution >= 0.6 is 0 Å². The second kappa shape index (κ2) is 7.29. The third kappa shape index (κ3) is 3.37. The summed E-state index contributed by atoms with van der Waals surface area (Å²) in [7, 11) is 1.58. The summed E-state index contributed by atoms with van der Waals surface area (Å²) in [6.45, 7) is -0.107. The van der Waals surface area contributed by atoms with Crippen molar-refractivity contribution in [3.8, 4) is 17.1 Å². The van der Waals surface area contributed by atoms with Crippen LogP contribution in [0.4, 0.5) is 0 Å². The van der Waals surface area contributed by atoms with Crippen molar-refractivity contribution in [2.75, 3.05) is 7.11 Å². The average Bonchev–Trinajstić information content (AvgIpc) is 3.20. The third-order valence-corrected chi connectivity index (χ3v) is 4.15. The van der Waals surface area contributed by atoms with Crippen LogP contribution in [-0.2, 0) is 11.3 Å². The van der Waals surface area contributed by atoms with Crippen LogP contribution < -0.4 is 4.74 Å². The highest BCUT2D eigenvalue weighted by Crippen LogP contribution is 2.27. The molecule has 134 valence electrons. The molecule has 0 fully saturated rings. The van der Waals surface area contributed by atoms with E-state index < -0.39 is 5.97 Å². The summed E-state index contributed by atoms with van der Waals surface area (Å²) < 4.78 is 15.9. The molecule has 6 heteroatoms. The summed E-state index contributed by atoms with van der Waals surface area (Å²) >= 11 is 0. The molecule has 4 rings (SSSR count). The highest BCUT2D eigenvalue weighted by Gasteiger charge is 2.16. The van der Waals surface area contributed by atoms with Gasteiger partial charge in [0.1, 0.15) is 5.75 Å². The summed E-state index contributed by atoms with van der Waals surface area (Å²) in [5.74, 6) is 0.787. The number of fused-ring (bicyclic) bond motifs is 1. The lowest BCUT2D eigenvalue weighted by molar-refractivity contribution is 0.0432. The van der Waals surface area contributed by atoms with E-state index in [9.17, 15) is 4.79 Å². The Morgan fingerprint density at radius 2 is 1.78 bits per heavy atom. The maximum Gasteiger partial charge on any atom is 0.339 e. The number of aromatic nitrogens is 2. The highest BCUT2D eigenvalue weighted by molar-refractivity contribution is 6.04. The van der Waals surface area contributed by atoms with Crippen LogP contribution in [0.1, 0.15) is 16.2 Å². The summed E-state index contributed by atoms with van der Waals surface area (Å²) in [5.41, 5.74) is 1.20. The number of carbonyl (C=O) groups is 1. The number of methoxy groups -OCH3 is 1. The molecule has 1 aromatic heterocycles. The predicted octanol–water partition coefficient (Wildman–Crippen LogP) is 4.26. The van der Waals surface area contributed by atoms with Crippen LogP contribution in [0.3, 0.4) is 0 Å². The van der Waals surface area contributed by atoms with Crippen molar-refractivity contribution >= 4 is 16.7 Å². The van der Waals surface area contributed by atoms with Crippen LogP contribution in [0.5, 0.6) is 5.75 Å². The molecule has 27 heavy (non-hydrogen) atoms. The molecule has 0 spiro atoms. The lowest BCUT2D eigenvalue weighted by Gasteiger charge is -2.05. The van der Waals surface area contributed by atoms with Gasteiger partial charge >= 0.3 is 5.97 Å². The lowest BCUT2D eigenvalue weighted by atomic mass is 10.1. The Bertz CT molecular complexity index is 1100. The Kier molecular flexibility index (Phi) is 4.53. The fourth-order valence-corrected chi connectivity index (χ4v) is 2.86. The number of para-hydroxylation sites is 1. The minimum atomic E-state index is -0.441. The molecular formula is C21H16N2O4. The van der Waals surface area contributed by atoms with Crippen LogP contribution in [0.2, 0.25) is 0 Å². The van der Waals surface area contributed by atoms with Crippen molar-refractivity contribution in [1.82, 2.24) is 10.1 Å². The Hall–Kier alpha value is -3.67. The number of hydrogen-bond donors (Lipinski definition) is 0. The zero-order valence-corrected chi connectivity index (χ0v) is 14.6. The molecule has 1 heterocycles. The molecule has 0 radical (unpaired) electrons. The van der Waals surface area contributed by atoms with Crippen molar-refractivity contribution in [2.45, 2.75) is 6.61 Å². The van der Waals surface area contributed by atoms with Gasteiger partial charge in [-0.25, -0.2) is 4.79 Å². The predicted molar refractivity (Wildman–Crippen MR) is 99.4 cm³/mol. The van der Waals surface area contributed by atoms with Crippen molar-refractivity contribution in [3.05, 3.63) is 78.2 Å². The normalized spacial score (nSPS) is 10.7. The van der Waals surface area contributed by atoms with Gasteiger partial charge < -0.3 is 14.0 Å². The van der Waals surface area contributed by atoms with Gasteiger partial charge in [0, 0.05) is 0 Å². The molecule has 0 aliphatic heterocycles. The first-order chi connectivity index (χ1) is 13.3. The van der Waals surface area contributed by atoms with Crippen LogP contribution in [0.15, 0.2) is 71.3 Å². The highest BCUT2D eigenvalue weighted by atomic mass is 16.6. The summed E-state index contributed by atoms with van der Waals surface area (Å²) in [6.07, 6.45) is 0. The minimum absolute atomic E-state index is 0.107. The topological polar surface area (TPSA) is 74.5 Å². The second-order valence-corrected chi connectivity index (χ2v) is 5.81. The van der Waals surface area contributed by atoms with Gasteiger partial charge in [-0.2, -0.15) is 4.98 Å². The first-order valence-corrected chi connectivity index (χ1v) is 8.37. The van der Waals surface area contributed by atoms with Crippen molar-refractivity contribution in [2.24, 2.45) is 0 Å². The zero-order valence-electron chi connectivity index (χ0n) is 14.6. The number of benzene rings is 3. The molecule has 0 N–H and O–H groups in total. The molecule has 4 aromatic rings. The number of ether oxygens (including phenoxy) is 2. The number of carbonyl (C=O) groups excluding carboxylic acids is 1. The molecular weight excluding hydrogens is 344 g/mol. The van der Waals surface area contributed by atoms with E-state index in [2.05, 4.69) is 10.1 Å². The maximum atomic E-state index is 12.5. The number of nitrogens with zero attached hydrogens (tertiary/aromatic N) is 2. The van der Waals surface area contributed by atoms with Crippen LogP contribution in [0.25, 0.3) is 22.2 Å². The number of rotatable bonds is 5. The van der Waals surface area contributed by atoms with E-state index in [1.165, 1.54) is 0 Å². The molecule has 3 aromatic carbocycles. The molecule has 0 saturated heterocycles. The Morgan fingerprint density at radius 1 is 1.00 bits per heavy atom. The molecule has 0 unspecified atom stereocenters. The largest absolute Gasteiger partial charge is 0.496 e. The Labute approximate surface area is 155 Å². The van der Waals surface area contributed by atoms with E-state index in [-0.39, 0.29) is 12.5 Å². The van der Waals surface area contributed by atoms with Gasteiger partial charge in [0.05, 0.1) is 18.2 Å². The number of esters is 1. The summed E-state index contributed by atoms with van der Waals surface area (Å²) in [6, 6.07) is 20.5. The van der Waals surface area contributed by atoms with E-state index in [1.54, 1.807) is 13.2 Å². The van der Waals surface area contributed by atoms with Gasteiger partial charge in [-0.1, -0.05) is 53.7 Å². The Balaban J connectivity index is 1.51. The standard InChI is InChI=1S/C21H16N2O4/c1-25-18-12-5-4-10-17(18)20-22-19(27-23-20)13-26-21(24)16-11-6-8-14-7-2-3-9-15(14)16/h2-12H,13H2,1H3. The molecule has 0 atom stereocenters. The van der Waals surface area contributed by atoms with Gasteiger partial charge in [-0.3, -0.25) is 0 Å². The van der Waals surface area contributed by atoms with Gasteiger partial charge in [0.25, 0.3) is 5.89 Å². The molecule has 0 aliphatic carbocycles.